The van der Waals surface area contributed by atoms with Crippen LogP contribution in [-0.4, -0.2) is 30.5 Å². The summed E-state index contributed by atoms with van der Waals surface area (Å²) in [6.07, 6.45) is 0.708. The molecule has 1 aromatic carbocycles. The average molecular weight is 277 g/mol. The Kier molecular flexibility index (Phi) is 3.93. The first-order chi connectivity index (χ1) is 9.62. The molecule has 0 radical (unpaired) electrons. The summed E-state index contributed by atoms with van der Waals surface area (Å²) in [6, 6.07) is 4.91. The standard InChI is InChI=1S/C14H15NO5/c1-4-8-11(18-2)6-5-9(13(8)19-3)12-7-10(14(16)17)15-20-12/h5-7H,4H2,1-3H3,(H,16,17). The maximum Gasteiger partial charge on any atom is 0.358 e. The van der Waals surface area contributed by atoms with Gasteiger partial charge < -0.3 is 19.1 Å². The van der Waals surface area contributed by atoms with Gasteiger partial charge in [0.1, 0.15) is 11.5 Å². The number of aromatic nitrogens is 1. The van der Waals surface area contributed by atoms with E-state index in [0.717, 1.165) is 5.56 Å². The monoisotopic (exact) mass is 277 g/mol. The maximum absolute atomic E-state index is 10.8. The smallest absolute Gasteiger partial charge is 0.358 e. The highest BCUT2D eigenvalue weighted by Gasteiger charge is 2.19. The van der Waals surface area contributed by atoms with Crippen LogP contribution >= 0.6 is 0 Å². The van der Waals surface area contributed by atoms with Crippen LogP contribution in [0.4, 0.5) is 0 Å². The quantitative estimate of drug-likeness (QED) is 0.904. The lowest BCUT2D eigenvalue weighted by atomic mass is 10.0. The summed E-state index contributed by atoms with van der Waals surface area (Å²) in [7, 11) is 3.14. The first-order valence-electron chi connectivity index (χ1n) is 6.06. The van der Waals surface area contributed by atoms with Crippen molar-refractivity contribution in [3.8, 4) is 22.8 Å². The Labute approximate surface area is 115 Å². The van der Waals surface area contributed by atoms with Gasteiger partial charge in [-0.1, -0.05) is 12.1 Å². The zero-order chi connectivity index (χ0) is 14.7. The number of carbonyl (C=O) groups is 1. The van der Waals surface area contributed by atoms with Crippen LogP contribution in [0.15, 0.2) is 22.7 Å². The van der Waals surface area contributed by atoms with Crippen LogP contribution in [-0.2, 0) is 6.42 Å². The van der Waals surface area contributed by atoms with Crippen molar-refractivity contribution in [3.63, 3.8) is 0 Å². The number of carboxylic acid groups (broad SMARTS) is 1. The van der Waals surface area contributed by atoms with Gasteiger partial charge in [-0.05, 0) is 18.6 Å². The second-order valence-corrected chi connectivity index (χ2v) is 4.06. The van der Waals surface area contributed by atoms with E-state index in [9.17, 15) is 4.79 Å². The Morgan fingerprint density at radius 2 is 2.10 bits per heavy atom. The molecule has 106 valence electrons. The molecule has 0 fully saturated rings. The van der Waals surface area contributed by atoms with Crippen LogP contribution in [0.5, 0.6) is 11.5 Å². The predicted octanol–water partition coefficient (Wildman–Crippen LogP) is 2.62. The molecule has 0 unspecified atom stereocenters. The lowest BCUT2D eigenvalue weighted by Crippen LogP contribution is -1.97. The van der Waals surface area contributed by atoms with E-state index in [0.29, 0.717) is 29.2 Å². The largest absolute Gasteiger partial charge is 0.496 e. The van der Waals surface area contributed by atoms with Crippen molar-refractivity contribution in [2.75, 3.05) is 14.2 Å². The van der Waals surface area contributed by atoms with Crippen molar-refractivity contribution in [2.24, 2.45) is 0 Å². The second-order valence-electron chi connectivity index (χ2n) is 4.06. The van der Waals surface area contributed by atoms with E-state index < -0.39 is 5.97 Å². The van der Waals surface area contributed by atoms with Gasteiger partial charge in [0, 0.05) is 11.6 Å². The van der Waals surface area contributed by atoms with Crippen LogP contribution < -0.4 is 9.47 Å². The molecule has 0 aliphatic rings. The Morgan fingerprint density at radius 3 is 2.60 bits per heavy atom. The number of benzene rings is 1. The molecular formula is C14H15NO5. The lowest BCUT2D eigenvalue weighted by molar-refractivity contribution is 0.0686. The summed E-state index contributed by atoms with van der Waals surface area (Å²) in [4.78, 5) is 10.8. The Morgan fingerprint density at radius 1 is 1.35 bits per heavy atom. The lowest BCUT2D eigenvalue weighted by Gasteiger charge is -2.14. The average Bonchev–Trinajstić information content (AvgIpc) is 2.95. The number of ether oxygens (including phenoxy) is 2. The highest BCUT2D eigenvalue weighted by Crippen LogP contribution is 2.38. The van der Waals surface area contributed by atoms with Crippen LogP contribution in [0.3, 0.4) is 0 Å². The fourth-order valence-corrected chi connectivity index (χ4v) is 2.07. The number of nitrogens with zero attached hydrogens (tertiary/aromatic N) is 1. The molecule has 0 spiro atoms. The van der Waals surface area contributed by atoms with Gasteiger partial charge in [0.2, 0.25) is 0 Å². The molecule has 1 heterocycles. The number of rotatable bonds is 5. The number of methoxy groups -OCH3 is 2. The molecule has 0 saturated carbocycles. The number of carboxylic acids is 1. The van der Waals surface area contributed by atoms with Crippen LogP contribution in [0.1, 0.15) is 23.0 Å². The molecule has 1 aromatic heterocycles. The second kappa shape index (κ2) is 5.64. The highest BCUT2D eigenvalue weighted by molar-refractivity contribution is 5.87. The highest BCUT2D eigenvalue weighted by atomic mass is 16.5. The van der Waals surface area contributed by atoms with Crippen molar-refractivity contribution in [1.29, 1.82) is 0 Å². The van der Waals surface area contributed by atoms with Gasteiger partial charge in [-0.3, -0.25) is 0 Å². The summed E-state index contributed by atoms with van der Waals surface area (Å²) >= 11 is 0. The minimum atomic E-state index is -1.14. The van der Waals surface area contributed by atoms with Crippen molar-refractivity contribution >= 4 is 5.97 Å². The third kappa shape index (κ3) is 2.32. The zero-order valence-electron chi connectivity index (χ0n) is 11.5. The van der Waals surface area contributed by atoms with E-state index in [1.54, 1.807) is 26.4 Å². The summed E-state index contributed by atoms with van der Waals surface area (Å²) in [5, 5.41) is 12.4. The van der Waals surface area contributed by atoms with Gasteiger partial charge in [0.05, 0.1) is 19.8 Å². The summed E-state index contributed by atoms with van der Waals surface area (Å²) in [5.41, 5.74) is 1.39. The number of aromatic carboxylic acids is 1. The van der Waals surface area contributed by atoms with E-state index in [2.05, 4.69) is 5.16 Å². The molecule has 0 amide bonds. The van der Waals surface area contributed by atoms with Gasteiger partial charge in [-0.25, -0.2) is 4.79 Å². The molecule has 2 rings (SSSR count). The van der Waals surface area contributed by atoms with Crippen LogP contribution in [0.2, 0.25) is 0 Å². The first-order valence-corrected chi connectivity index (χ1v) is 6.06. The molecule has 1 N–H and O–H groups in total. The number of hydrogen-bond donors (Lipinski definition) is 1. The van der Waals surface area contributed by atoms with Crippen molar-refractivity contribution in [3.05, 3.63) is 29.5 Å². The molecule has 0 bridgehead atoms. The Hall–Kier alpha value is -2.50. The van der Waals surface area contributed by atoms with Gasteiger partial charge >= 0.3 is 5.97 Å². The van der Waals surface area contributed by atoms with E-state index in [1.807, 2.05) is 6.92 Å². The van der Waals surface area contributed by atoms with Gasteiger partial charge in [0.15, 0.2) is 11.5 Å². The zero-order valence-corrected chi connectivity index (χ0v) is 11.5. The molecule has 0 saturated heterocycles. The predicted molar refractivity (Wildman–Crippen MR) is 71.4 cm³/mol. The molecule has 20 heavy (non-hydrogen) atoms. The molecule has 0 aliphatic heterocycles. The topological polar surface area (TPSA) is 81.8 Å². The fourth-order valence-electron chi connectivity index (χ4n) is 2.07. The van der Waals surface area contributed by atoms with Gasteiger partial charge in [-0.15, -0.1) is 0 Å². The molecule has 6 nitrogen and oxygen atoms in total. The molecular weight excluding hydrogens is 262 g/mol. The summed E-state index contributed by atoms with van der Waals surface area (Å²) in [5.74, 6) is 0.519. The molecule has 6 heteroatoms. The van der Waals surface area contributed by atoms with E-state index in [-0.39, 0.29) is 5.69 Å². The maximum atomic E-state index is 10.8. The van der Waals surface area contributed by atoms with Crippen LogP contribution in [0.25, 0.3) is 11.3 Å². The Balaban J connectivity index is 2.58. The molecule has 0 aliphatic carbocycles. The van der Waals surface area contributed by atoms with Crippen molar-refractivity contribution < 1.29 is 23.9 Å². The number of hydrogen-bond acceptors (Lipinski definition) is 5. The third-order valence-electron chi connectivity index (χ3n) is 2.99. The van der Waals surface area contributed by atoms with Crippen molar-refractivity contribution in [1.82, 2.24) is 5.16 Å². The first kappa shape index (κ1) is 13.9. The minimum Gasteiger partial charge on any atom is -0.496 e. The van der Waals surface area contributed by atoms with Gasteiger partial charge in [-0.2, -0.15) is 0 Å². The van der Waals surface area contributed by atoms with Crippen LogP contribution in [0, 0.1) is 0 Å². The normalized spacial score (nSPS) is 10.3. The summed E-state index contributed by atoms with van der Waals surface area (Å²) < 4.78 is 15.8. The Bertz CT molecular complexity index is 632. The van der Waals surface area contributed by atoms with Crippen molar-refractivity contribution in [2.45, 2.75) is 13.3 Å². The van der Waals surface area contributed by atoms with Gasteiger partial charge in [0.25, 0.3) is 0 Å². The summed E-state index contributed by atoms with van der Waals surface area (Å²) in [6.45, 7) is 1.98. The molecule has 2 aromatic rings. The third-order valence-corrected chi connectivity index (χ3v) is 2.99. The SMILES string of the molecule is CCc1c(OC)ccc(-c2cc(C(=O)O)no2)c1OC. The minimum absolute atomic E-state index is 0.143. The van der Waals surface area contributed by atoms with E-state index >= 15 is 0 Å². The van der Waals surface area contributed by atoms with E-state index in [4.69, 9.17) is 19.1 Å². The fraction of sp³-hybridized carbons (Fsp3) is 0.286. The van der Waals surface area contributed by atoms with E-state index in [1.165, 1.54) is 6.07 Å². The molecule has 0 atom stereocenters.